The predicted molar refractivity (Wildman–Crippen MR) is 108 cm³/mol. The van der Waals surface area contributed by atoms with Gasteiger partial charge in [-0.2, -0.15) is 0 Å². The number of hydrogen-bond acceptors (Lipinski definition) is 5. The highest BCUT2D eigenvalue weighted by Crippen LogP contribution is 2.29. The molecule has 156 valence electrons. The first-order valence-corrected chi connectivity index (χ1v) is 10.0. The first-order chi connectivity index (χ1) is 13.8. The summed E-state index contributed by atoms with van der Waals surface area (Å²) in [4.78, 5) is 36.0. The number of hydrogen-bond donors (Lipinski definition) is 2. The molecule has 0 fully saturated rings. The van der Waals surface area contributed by atoms with E-state index >= 15 is 0 Å². The van der Waals surface area contributed by atoms with Crippen molar-refractivity contribution < 1.29 is 23.8 Å². The van der Waals surface area contributed by atoms with Gasteiger partial charge in [0.05, 0.1) is 0 Å². The van der Waals surface area contributed by atoms with Crippen molar-refractivity contribution in [3.8, 4) is 5.75 Å². The Balaban J connectivity index is 1.76. The van der Waals surface area contributed by atoms with E-state index in [9.17, 15) is 19.5 Å². The van der Waals surface area contributed by atoms with Crippen LogP contribution >= 0.6 is 0 Å². The molecule has 0 unspecified atom stereocenters. The maximum absolute atomic E-state index is 12.4. The third kappa shape index (κ3) is 4.78. The van der Waals surface area contributed by atoms with Crippen molar-refractivity contribution in [3.63, 3.8) is 0 Å². The van der Waals surface area contributed by atoms with Gasteiger partial charge in [0, 0.05) is 17.0 Å². The van der Waals surface area contributed by atoms with Crippen LogP contribution in [0.2, 0.25) is 0 Å². The van der Waals surface area contributed by atoms with Crippen molar-refractivity contribution >= 4 is 22.8 Å². The molecule has 1 aliphatic carbocycles. The van der Waals surface area contributed by atoms with Crippen LogP contribution in [0.3, 0.4) is 0 Å². The van der Waals surface area contributed by atoms with Gasteiger partial charge in [-0.1, -0.05) is 13.8 Å². The third-order valence-corrected chi connectivity index (χ3v) is 5.20. The number of carboxylic acid groups (broad SMARTS) is 1. The second kappa shape index (κ2) is 8.68. The van der Waals surface area contributed by atoms with E-state index in [0.717, 1.165) is 42.2 Å². The molecule has 7 nitrogen and oxygen atoms in total. The summed E-state index contributed by atoms with van der Waals surface area (Å²) in [6.45, 7) is 5.34. The molecule has 0 spiro atoms. The van der Waals surface area contributed by atoms with Gasteiger partial charge in [-0.05, 0) is 62.6 Å². The highest BCUT2D eigenvalue weighted by atomic mass is 16.5. The maximum Gasteiger partial charge on any atom is 0.339 e. The highest BCUT2D eigenvalue weighted by molar-refractivity contribution is 5.86. The lowest BCUT2D eigenvalue weighted by molar-refractivity contribution is -0.143. The van der Waals surface area contributed by atoms with E-state index in [0.29, 0.717) is 17.8 Å². The van der Waals surface area contributed by atoms with Gasteiger partial charge in [-0.25, -0.2) is 9.59 Å². The summed E-state index contributed by atoms with van der Waals surface area (Å²) in [5, 5.41) is 12.7. The van der Waals surface area contributed by atoms with Crippen LogP contribution in [0.15, 0.2) is 27.4 Å². The SMILES string of the molecule is CC(C)C[C@H](NC(=O)[C@@H](C)Oc1ccc2c3c(c(=O)oc2c1)CCCC3)C(=O)O. The number of ether oxygens (including phenoxy) is 1. The number of aliphatic carboxylic acids is 1. The number of aryl methyl sites for hydroxylation is 1. The fourth-order valence-corrected chi connectivity index (χ4v) is 3.74. The van der Waals surface area contributed by atoms with Gasteiger partial charge in [0.1, 0.15) is 17.4 Å². The molecule has 1 aliphatic rings. The van der Waals surface area contributed by atoms with Gasteiger partial charge in [-0.15, -0.1) is 0 Å². The largest absolute Gasteiger partial charge is 0.481 e. The number of benzene rings is 1. The number of amides is 1. The van der Waals surface area contributed by atoms with Crippen molar-refractivity contribution in [3.05, 3.63) is 39.7 Å². The number of carboxylic acids is 1. The molecule has 2 aromatic rings. The summed E-state index contributed by atoms with van der Waals surface area (Å²) in [5.74, 6) is -1.07. The van der Waals surface area contributed by atoms with Gasteiger partial charge in [0.15, 0.2) is 6.10 Å². The second-order valence-electron chi connectivity index (χ2n) is 8.00. The minimum absolute atomic E-state index is 0.127. The molecule has 29 heavy (non-hydrogen) atoms. The average Bonchev–Trinajstić information content (AvgIpc) is 2.67. The van der Waals surface area contributed by atoms with E-state index in [1.54, 1.807) is 19.1 Å². The molecule has 2 atom stereocenters. The van der Waals surface area contributed by atoms with Crippen molar-refractivity contribution in [2.75, 3.05) is 0 Å². The standard InChI is InChI=1S/C22H27NO6/c1-12(2)10-18(21(25)26)23-20(24)13(3)28-14-8-9-16-15-6-4-5-7-17(15)22(27)29-19(16)11-14/h8-9,11-13,18H,4-7,10H2,1-3H3,(H,23,24)(H,25,26)/t13-,18+/m1/s1. The lowest BCUT2D eigenvalue weighted by atomic mass is 9.91. The van der Waals surface area contributed by atoms with Gasteiger partial charge < -0.3 is 19.6 Å². The number of carbonyl (C=O) groups excluding carboxylic acids is 1. The van der Waals surface area contributed by atoms with Gasteiger partial charge in [-0.3, -0.25) is 4.79 Å². The molecule has 7 heteroatoms. The van der Waals surface area contributed by atoms with Crippen LogP contribution in [0, 0.1) is 5.92 Å². The summed E-state index contributed by atoms with van der Waals surface area (Å²) >= 11 is 0. The van der Waals surface area contributed by atoms with Crippen LogP contribution in [-0.2, 0) is 22.4 Å². The molecule has 1 amide bonds. The fraction of sp³-hybridized carbons (Fsp3) is 0.500. The van der Waals surface area contributed by atoms with Gasteiger partial charge >= 0.3 is 11.6 Å². The monoisotopic (exact) mass is 401 g/mol. The van der Waals surface area contributed by atoms with Crippen LogP contribution in [0.25, 0.3) is 11.0 Å². The summed E-state index contributed by atoms with van der Waals surface area (Å²) < 4.78 is 11.2. The van der Waals surface area contributed by atoms with Crippen molar-refractivity contribution in [2.24, 2.45) is 5.92 Å². The third-order valence-electron chi connectivity index (χ3n) is 5.20. The molecule has 0 bridgehead atoms. The molecule has 0 saturated heterocycles. The summed E-state index contributed by atoms with van der Waals surface area (Å²) in [5.41, 5.74) is 1.92. The zero-order chi connectivity index (χ0) is 21.1. The molecular formula is C22H27NO6. The Bertz CT molecular complexity index is 977. The van der Waals surface area contributed by atoms with E-state index in [1.807, 2.05) is 19.9 Å². The molecule has 0 saturated carbocycles. The van der Waals surface area contributed by atoms with E-state index in [2.05, 4.69) is 5.32 Å². The summed E-state index contributed by atoms with van der Waals surface area (Å²) in [7, 11) is 0. The van der Waals surface area contributed by atoms with E-state index in [4.69, 9.17) is 9.15 Å². The predicted octanol–water partition coefficient (Wildman–Crippen LogP) is 3.05. The topological polar surface area (TPSA) is 106 Å². The Kier molecular flexibility index (Phi) is 6.25. The van der Waals surface area contributed by atoms with Crippen LogP contribution in [-0.4, -0.2) is 29.1 Å². The van der Waals surface area contributed by atoms with Gasteiger partial charge in [0.25, 0.3) is 5.91 Å². The first kappa shape index (κ1) is 20.9. The second-order valence-corrected chi connectivity index (χ2v) is 8.00. The normalized spacial score (nSPS) is 15.6. The zero-order valence-electron chi connectivity index (χ0n) is 17.0. The number of nitrogens with one attached hydrogen (secondary N) is 1. The molecule has 1 heterocycles. The lowest BCUT2D eigenvalue weighted by Gasteiger charge is -2.20. The van der Waals surface area contributed by atoms with Crippen LogP contribution in [0.4, 0.5) is 0 Å². The first-order valence-electron chi connectivity index (χ1n) is 10.0. The molecule has 2 N–H and O–H groups in total. The van der Waals surface area contributed by atoms with Crippen molar-refractivity contribution in [2.45, 2.75) is 65.0 Å². The van der Waals surface area contributed by atoms with Crippen LogP contribution in [0.5, 0.6) is 5.75 Å². The smallest absolute Gasteiger partial charge is 0.339 e. The summed E-state index contributed by atoms with van der Waals surface area (Å²) in [6.07, 6.45) is 3.06. The molecule has 0 aliphatic heterocycles. The number of carbonyl (C=O) groups is 2. The molecular weight excluding hydrogens is 374 g/mol. The quantitative estimate of drug-likeness (QED) is 0.691. The number of rotatable bonds is 7. The molecule has 1 aromatic heterocycles. The summed E-state index contributed by atoms with van der Waals surface area (Å²) in [6, 6.07) is 4.23. The number of fused-ring (bicyclic) bond motifs is 3. The minimum atomic E-state index is -1.07. The fourth-order valence-electron chi connectivity index (χ4n) is 3.74. The minimum Gasteiger partial charge on any atom is -0.481 e. The average molecular weight is 401 g/mol. The van der Waals surface area contributed by atoms with Gasteiger partial charge in [0.2, 0.25) is 0 Å². The van der Waals surface area contributed by atoms with Crippen molar-refractivity contribution in [1.29, 1.82) is 0 Å². The Labute approximate surface area is 169 Å². The maximum atomic E-state index is 12.4. The van der Waals surface area contributed by atoms with E-state index in [1.165, 1.54) is 0 Å². The lowest BCUT2D eigenvalue weighted by Crippen LogP contribution is -2.46. The Morgan fingerprint density at radius 2 is 1.86 bits per heavy atom. The Morgan fingerprint density at radius 1 is 1.17 bits per heavy atom. The highest BCUT2D eigenvalue weighted by Gasteiger charge is 2.25. The van der Waals surface area contributed by atoms with Crippen molar-refractivity contribution in [1.82, 2.24) is 5.32 Å². The Morgan fingerprint density at radius 3 is 2.52 bits per heavy atom. The molecule has 1 aromatic carbocycles. The van der Waals surface area contributed by atoms with Crippen LogP contribution < -0.4 is 15.7 Å². The molecule has 3 rings (SSSR count). The van der Waals surface area contributed by atoms with E-state index < -0.39 is 24.0 Å². The molecule has 0 radical (unpaired) electrons. The van der Waals surface area contributed by atoms with E-state index in [-0.39, 0.29) is 11.5 Å². The zero-order valence-corrected chi connectivity index (χ0v) is 17.0. The van der Waals surface area contributed by atoms with Crippen LogP contribution in [0.1, 0.15) is 51.2 Å². The Hall–Kier alpha value is -2.83.